The van der Waals surface area contributed by atoms with Gasteiger partial charge in [0.05, 0.1) is 15.9 Å². The molecule has 1 aromatic carbocycles. The molecule has 2 rings (SSSR count). The highest BCUT2D eigenvalue weighted by Crippen LogP contribution is 2.23. The van der Waals surface area contributed by atoms with Gasteiger partial charge in [0.1, 0.15) is 18.2 Å². The highest BCUT2D eigenvalue weighted by Gasteiger charge is 2.11. The molecule has 0 spiro atoms. The molecule has 0 aliphatic rings. The van der Waals surface area contributed by atoms with E-state index in [1.807, 2.05) is 20.0 Å². The Kier molecular flexibility index (Phi) is 4.77. The average molecular weight is 342 g/mol. The van der Waals surface area contributed by atoms with Gasteiger partial charge in [-0.1, -0.05) is 0 Å². The van der Waals surface area contributed by atoms with Crippen LogP contribution in [0.2, 0.25) is 0 Å². The van der Waals surface area contributed by atoms with Gasteiger partial charge in [-0.15, -0.1) is 0 Å². The Bertz CT molecular complexity index is 613. The van der Waals surface area contributed by atoms with Gasteiger partial charge in [0.25, 0.3) is 0 Å². The number of nitrogens with two attached hydrogens (primary N) is 1. The fourth-order valence-electron chi connectivity index (χ4n) is 2.00. The second kappa shape index (κ2) is 6.37. The van der Waals surface area contributed by atoms with Crippen molar-refractivity contribution in [2.75, 3.05) is 6.54 Å². The Labute approximate surface area is 125 Å². The van der Waals surface area contributed by atoms with Crippen LogP contribution in [0.3, 0.4) is 0 Å². The van der Waals surface area contributed by atoms with Crippen molar-refractivity contribution in [1.29, 1.82) is 0 Å². The Morgan fingerprint density at radius 1 is 1.40 bits per heavy atom. The van der Waals surface area contributed by atoms with Crippen molar-refractivity contribution in [3.8, 4) is 5.75 Å². The van der Waals surface area contributed by atoms with Gasteiger partial charge >= 0.3 is 0 Å². The van der Waals surface area contributed by atoms with E-state index >= 15 is 0 Å². The number of halogens is 2. The van der Waals surface area contributed by atoms with E-state index in [9.17, 15) is 4.39 Å². The predicted octanol–water partition coefficient (Wildman–Crippen LogP) is 2.71. The minimum absolute atomic E-state index is 0.314. The van der Waals surface area contributed by atoms with Gasteiger partial charge in [0.15, 0.2) is 0 Å². The monoisotopic (exact) mass is 341 g/mol. The first-order chi connectivity index (χ1) is 9.51. The number of hydrogen-bond acceptors (Lipinski definition) is 3. The van der Waals surface area contributed by atoms with E-state index in [2.05, 4.69) is 21.0 Å². The SMILES string of the molecule is Cc1nn(C)c(COc2cc(F)cc(CCN)c2)c1Br. The lowest BCUT2D eigenvalue weighted by molar-refractivity contribution is 0.292. The van der Waals surface area contributed by atoms with Gasteiger partial charge in [-0.2, -0.15) is 5.10 Å². The number of benzene rings is 1. The maximum Gasteiger partial charge on any atom is 0.131 e. The largest absolute Gasteiger partial charge is 0.487 e. The van der Waals surface area contributed by atoms with Gasteiger partial charge in [-0.05, 0) is 53.5 Å². The molecular weight excluding hydrogens is 325 g/mol. The molecule has 20 heavy (non-hydrogen) atoms. The normalized spacial score (nSPS) is 10.8. The fourth-order valence-corrected chi connectivity index (χ4v) is 2.45. The lowest BCUT2D eigenvalue weighted by atomic mass is 10.1. The molecule has 0 atom stereocenters. The van der Waals surface area contributed by atoms with Gasteiger partial charge in [-0.3, -0.25) is 4.68 Å². The Balaban J connectivity index is 2.14. The van der Waals surface area contributed by atoms with Gasteiger partial charge in [-0.25, -0.2) is 4.39 Å². The number of nitrogens with zero attached hydrogens (tertiary/aromatic N) is 2. The molecule has 2 N–H and O–H groups in total. The first kappa shape index (κ1) is 15.0. The standard InChI is InChI=1S/C14H17BrFN3O/c1-9-14(15)13(19(2)18-9)8-20-12-6-10(3-4-17)5-11(16)7-12/h5-7H,3-4,8,17H2,1-2H3. The maximum atomic E-state index is 13.5. The van der Waals surface area contributed by atoms with E-state index in [4.69, 9.17) is 10.5 Å². The maximum absolute atomic E-state index is 13.5. The van der Waals surface area contributed by atoms with Crippen LogP contribution in [0.4, 0.5) is 4.39 Å². The Hall–Kier alpha value is -1.40. The number of aryl methyl sites for hydroxylation is 2. The summed E-state index contributed by atoms with van der Waals surface area (Å²) in [6, 6.07) is 4.66. The molecule has 2 aromatic rings. The van der Waals surface area contributed by atoms with E-state index in [0.717, 1.165) is 21.4 Å². The molecular formula is C14H17BrFN3O. The third-order valence-corrected chi connectivity index (χ3v) is 4.03. The summed E-state index contributed by atoms with van der Waals surface area (Å²) in [6.07, 6.45) is 0.628. The summed E-state index contributed by atoms with van der Waals surface area (Å²) in [5.41, 5.74) is 8.13. The van der Waals surface area contributed by atoms with Crippen LogP contribution in [0.25, 0.3) is 0 Å². The van der Waals surface area contributed by atoms with E-state index in [-0.39, 0.29) is 5.82 Å². The van der Waals surface area contributed by atoms with E-state index in [1.165, 1.54) is 12.1 Å². The van der Waals surface area contributed by atoms with Gasteiger partial charge in [0, 0.05) is 13.1 Å². The Morgan fingerprint density at radius 3 is 2.75 bits per heavy atom. The van der Waals surface area contributed by atoms with Crippen LogP contribution >= 0.6 is 15.9 Å². The second-order valence-electron chi connectivity index (χ2n) is 4.59. The summed E-state index contributed by atoms with van der Waals surface area (Å²) in [4.78, 5) is 0. The highest BCUT2D eigenvalue weighted by atomic mass is 79.9. The number of hydrogen-bond donors (Lipinski definition) is 1. The smallest absolute Gasteiger partial charge is 0.131 e. The highest BCUT2D eigenvalue weighted by molar-refractivity contribution is 9.10. The lowest BCUT2D eigenvalue weighted by Crippen LogP contribution is -2.05. The molecule has 0 aliphatic carbocycles. The van der Waals surface area contributed by atoms with Crippen LogP contribution in [0.15, 0.2) is 22.7 Å². The van der Waals surface area contributed by atoms with Crippen molar-refractivity contribution in [1.82, 2.24) is 9.78 Å². The molecule has 0 unspecified atom stereocenters. The quantitative estimate of drug-likeness (QED) is 0.909. The molecule has 0 saturated heterocycles. The molecule has 0 amide bonds. The summed E-state index contributed by atoms with van der Waals surface area (Å²) in [6.45, 7) is 2.72. The van der Waals surface area contributed by atoms with Crippen molar-refractivity contribution in [3.05, 3.63) is 45.4 Å². The molecule has 4 nitrogen and oxygen atoms in total. The van der Waals surface area contributed by atoms with Crippen molar-refractivity contribution >= 4 is 15.9 Å². The summed E-state index contributed by atoms with van der Waals surface area (Å²) in [5, 5.41) is 4.29. The molecule has 1 aromatic heterocycles. The van der Waals surface area contributed by atoms with Gasteiger partial charge < -0.3 is 10.5 Å². The molecule has 0 saturated carbocycles. The second-order valence-corrected chi connectivity index (χ2v) is 5.39. The first-order valence-corrected chi connectivity index (χ1v) is 7.11. The molecule has 0 fully saturated rings. The third kappa shape index (κ3) is 3.37. The van der Waals surface area contributed by atoms with Crippen molar-refractivity contribution in [3.63, 3.8) is 0 Å². The number of aromatic nitrogens is 2. The van der Waals surface area contributed by atoms with Crippen LogP contribution in [0.5, 0.6) is 5.75 Å². The summed E-state index contributed by atoms with van der Waals surface area (Å²) >= 11 is 3.47. The zero-order valence-electron chi connectivity index (χ0n) is 11.5. The summed E-state index contributed by atoms with van der Waals surface area (Å²) in [5.74, 6) is 0.186. The van der Waals surface area contributed by atoms with Crippen LogP contribution < -0.4 is 10.5 Å². The zero-order chi connectivity index (χ0) is 14.7. The van der Waals surface area contributed by atoms with Crippen LogP contribution in [0, 0.1) is 12.7 Å². The molecule has 6 heteroatoms. The summed E-state index contributed by atoms with van der Waals surface area (Å²) in [7, 11) is 1.85. The lowest BCUT2D eigenvalue weighted by Gasteiger charge is -2.09. The first-order valence-electron chi connectivity index (χ1n) is 6.31. The van der Waals surface area contributed by atoms with Crippen LogP contribution in [-0.4, -0.2) is 16.3 Å². The number of ether oxygens (including phenoxy) is 1. The molecule has 108 valence electrons. The minimum Gasteiger partial charge on any atom is -0.487 e. The number of rotatable bonds is 5. The van der Waals surface area contributed by atoms with Crippen molar-refractivity contribution in [2.45, 2.75) is 20.0 Å². The average Bonchev–Trinajstić information content (AvgIpc) is 2.61. The molecule has 0 radical (unpaired) electrons. The predicted molar refractivity (Wildman–Crippen MR) is 79.1 cm³/mol. The van der Waals surface area contributed by atoms with Gasteiger partial charge in [0.2, 0.25) is 0 Å². The minimum atomic E-state index is -0.314. The van der Waals surface area contributed by atoms with Crippen molar-refractivity contribution in [2.24, 2.45) is 12.8 Å². The Morgan fingerprint density at radius 2 is 2.15 bits per heavy atom. The molecule has 0 bridgehead atoms. The fraction of sp³-hybridized carbons (Fsp3) is 0.357. The van der Waals surface area contributed by atoms with E-state index in [0.29, 0.717) is 25.3 Å². The topological polar surface area (TPSA) is 53.1 Å². The molecule has 0 aliphatic heterocycles. The van der Waals surface area contributed by atoms with E-state index in [1.54, 1.807) is 4.68 Å². The van der Waals surface area contributed by atoms with Crippen LogP contribution in [-0.2, 0) is 20.1 Å². The molecule has 1 heterocycles. The van der Waals surface area contributed by atoms with E-state index < -0.39 is 0 Å². The van der Waals surface area contributed by atoms with Crippen LogP contribution in [0.1, 0.15) is 17.0 Å². The zero-order valence-corrected chi connectivity index (χ0v) is 13.1. The summed E-state index contributed by atoms with van der Waals surface area (Å²) < 4.78 is 21.8. The van der Waals surface area contributed by atoms with Crippen molar-refractivity contribution < 1.29 is 9.13 Å². The third-order valence-electron chi connectivity index (χ3n) is 3.00.